The van der Waals surface area contributed by atoms with Gasteiger partial charge in [-0.3, -0.25) is 4.79 Å². The lowest BCUT2D eigenvalue weighted by Gasteiger charge is -2.07. The van der Waals surface area contributed by atoms with Crippen molar-refractivity contribution >= 4 is 28.8 Å². The predicted molar refractivity (Wildman–Crippen MR) is 154 cm³/mol. The highest BCUT2D eigenvalue weighted by molar-refractivity contribution is 6.07. The number of allylic oxidation sites excluding steroid dienone is 1. The number of hydrogen-bond donors (Lipinski definition) is 0. The average Bonchev–Trinajstić information content (AvgIpc) is 3.31. The standard InChI is InChI=1S/C34H28O6/c1-3-37-27-14-9-24(10-15-27)11-19-31(35)26-12-16-28(17-13-26)40-34(36)33-23(2)39-32-20-18-29(21-30(32)33)38-22-25-7-5-4-6-8-25/h4-21H,3,22H2,1-2H3/b19-11+. The molecule has 0 aliphatic rings. The summed E-state index contributed by atoms with van der Waals surface area (Å²) in [6.07, 6.45) is 3.26. The van der Waals surface area contributed by atoms with Crippen LogP contribution < -0.4 is 14.2 Å². The molecule has 1 heterocycles. The van der Waals surface area contributed by atoms with E-state index in [-0.39, 0.29) is 5.78 Å². The first kappa shape index (κ1) is 26.5. The predicted octanol–water partition coefficient (Wildman–Crippen LogP) is 7.83. The van der Waals surface area contributed by atoms with Crippen molar-refractivity contribution in [3.8, 4) is 17.2 Å². The van der Waals surface area contributed by atoms with Crippen LogP contribution in [0.3, 0.4) is 0 Å². The number of rotatable bonds is 10. The molecule has 0 bridgehead atoms. The summed E-state index contributed by atoms with van der Waals surface area (Å²) in [4.78, 5) is 25.8. The molecule has 5 rings (SSSR count). The summed E-state index contributed by atoms with van der Waals surface area (Å²) in [5, 5.41) is 0.610. The van der Waals surface area contributed by atoms with Crippen LogP contribution in [0.1, 0.15) is 44.5 Å². The van der Waals surface area contributed by atoms with Crippen molar-refractivity contribution in [3.05, 3.63) is 131 Å². The number of aryl methyl sites for hydroxylation is 1. The van der Waals surface area contributed by atoms with E-state index in [0.29, 0.717) is 52.6 Å². The van der Waals surface area contributed by atoms with Crippen LogP contribution in [0.2, 0.25) is 0 Å². The SMILES string of the molecule is CCOc1ccc(/C=C/C(=O)c2ccc(OC(=O)c3c(C)oc4ccc(OCc5ccccc5)cc34)cc2)cc1. The van der Waals surface area contributed by atoms with Crippen molar-refractivity contribution in [1.29, 1.82) is 0 Å². The van der Waals surface area contributed by atoms with Gasteiger partial charge in [0.25, 0.3) is 0 Å². The maximum absolute atomic E-state index is 13.1. The largest absolute Gasteiger partial charge is 0.494 e. The van der Waals surface area contributed by atoms with Crippen LogP contribution in [-0.4, -0.2) is 18.4 Å². The zero-order valence-electron chi connectivity index (χ0n) is 22.3. The highest BCUT2D eigenvalue weighted by atomic mass is 16.5. The number of furan rings is 1. The third-order valence-corrected chi connectivity index (χ3v) is 6.26. The number of ketones is 1. The van der Waals surface area contributed by atoms with Crippen LogP contribution in [0.15, 0.2) is 108 Å². The molecule has 6 nitrogen and oxygen atoms in total. The van der Waals surface area contributed by atoms with Crippen molar-refractivity contribution in [2.75, 3.05) is 6.61 Å². The molecule has 1 aromatic heterocycles. The minimum absolute atomic E-state index is 0.161. The lowest BCUT2D eigenvalue weighted by molar-refractivity contribution is 0.0734. The lowest BCUT2D eigenvalue weighted by Crippen LogP contribution is -2.09. The zero-order chi connectivity index (χ0) is 27.9. The van der Waals surface area contributed by atoms with Crippen LogP contribution in [-0.2, 0) is 6.61 Å². The van der Waals surface area contributed by atoms with Crippen molar-refractivity contribution in [2.45, 2.75) is 20.5 Å². The van der Waals surface area contributed by atoms with Crippen LogP contribution in [0.25, 0.3) is 17.0 Å². The molecule has 5 aromatic rings. The second kappa shape index (κ2) is 12.2. The number of carbonyl (C=O) groups is 2. The van der Waals surface area contributed by atoms with Gasteiger partial charge >= 0.3 is 5.97 Å². The van der Waals surface area contributed by atoms with E-state index in [4.69, 9.17) is 18.6 Å². The van der Waals surface area contributed by atoms with Gasteiger partial charge in [0.1, 0.15) is 40.8 Å². The fraction of sp³-hybridized carbons (Fsp3) is 0.118. The Morgan fingerprint density at radius 2 is 1.50 bits per heavy atom. The van der Waals surface area contributed by atoms with Gasteiger partial charge in [0.15, 0.2) is 5.78 Å². The number of fused-ring (bicyclic) bond motifs is 1. The zero-order valence-corrected chi connectivity index (χ0v) is 22.3. The maximum Gasteiger partial charge on any atom is 0.347 e. The molecule has 0 amide bonds. The Balaban J connectivity index is 1.25. The van der Waals surface area contributed by atoms with E-state index in [0.717, 1.165) is 16.9 Å². The summed E-state index contributed by atoms with van der Waals surface area (Å²) < 4.78 is 22.8. The van der Waals surface area contributed by atoms with Crippen molar-refractivity contribution < 1.29 is 28.2 Å². The Morgan fingerprint density at radius 1 is 0.800 bits per heavy atom. The maximum atomic E-state index is 13.1. The Kier molecular flexibility index (Phi) is 8.07. The fourth-order valence-corrected chi connectivity index (χ4v) is 4.24. The number of esters is 1. The average molecular weight is 533 g/mol. The van der Waals surface area contributed by atoms with Gasteiger partial charge in [-0.25, -0.2) is 4.79 Å². The molecule has 0 saturated carbocycles. The molecule has 6 heteroatoms. The van der Waals surface area contributed by atoms with E-state index >= 15 is 0 Å². The first-order valence-electron chi connectivity index (χ1n) is 13.0. The summed E-state index contributed by atoms with van der Waals surface area (Å²) >= 11 is 0. The number of carbonyl (C=O) groups excluding carboxylic acids is 2. The number of hydrogen-bond acceptors (Lipinski definition) is 6. The Labute approximate surface area is 232 Å². The normalized spacial score (nSPS) is 11.1. The van der Waals surface area contributed by atoms with Crippen LogP contribution >= 0.6 is 0 Å². The molecular weight excluding hydrogens is 504 g/mol. The molecule has 0 radical (unpaired) electrons. The van der Waals surface area contributed by atoms with Gasteiger partial charge in [-0.1, -0.05) is 48.5 Å². The molecule has 40 heavy (non-hydrogen) atoms. The first-order chi connectivity index (χ1) is 19.5. The van der Waals surface area contributed by atoms with E-state index in [1.165, 1.54) is 6.08 Å². The quantitative estimate of drug-likeness (QED) is 0.0790. The van der Waals surface area contributed by atoms with E-state index in [1.54, 1.807) is 49.4 Å². The van der Waals surface area contributed by atoms with Gasteiger partial charge in [-0.2, -0.15) is 0 Å². The monoisotopic (exact) mass is 532 g/mol. The molecule has 0 saturated heterocycles. The molecule has 0 fully saturated rings. The summed E-state index contributed by atoms with van der Waals surface area (Å²) in [7, 11) is 0. The number of benzene rings is 4. The molecule has 4 aromatic carbocycles. The molecule has 0 unspecified atom stereocenters. The van der Waals surface area contributed by atoms with Crippen molar-refractivity contribution in [1.82, 2.24) is 0 Å². The molecular formula is C34H28O6. The molecule has 0 aliphatic heterocycles. The summed E-state index contributed by atoms with van der Waals surface area (Å²) in [6, 6.07) is 29.2. The van der Waals surface area contributed by atoms with Crippen LogP contribution in [0.5, 0.6) is 17.2 Å². The van der Waals surface area contributed by atoms with Gasteiger partial charge < -0.3 is 18.6 Å². The summed E-state index contributed by atoms with van der Waals surface area (Å²) in [5.74, 6) is 1.46. The van der Waals surface area contributed by atoms with E-state index in [2.05, 4.69) is 0 Å². The van der Waals surface area contributed by atoms with E-state index < -0.39 is 5.97 Å². The topological polar surface area (TPSA) is 75.0 Å². The van der Waals surface area contributed by atoms with Gasteiger partial charge in [-0.05, 0) is 85.6 Å². The van der Waals surface area contributed by atoms with E-state index in [9.17, 15) is 9.59 Å². The molecule has 0 spiro atoms. The highest BCUT2D eigenvalue weighted by Crippen LogP contribution is 2.30. The molecule has 0 atom stereocenters. The second-order valence-electron chi connectivity index (χ2n) is 9.08. The summed E-state index contributed by atoms with van der Waals surface area (Å²) in [5.41, 5.74) is 3.31. The molecule has 0 N–H and O–H groups in total. The third kappa shape index (κ3) is 6.30. The fourth-order valence-electron chi connectivity index (χ4n) is 4.24. The minimum Gasteiger partial charge on any atom is -0.494 e. The van der Waals surface area contributed by atoms with Gasteiger partial charge in [-0.15, -0.1) is 0 Å². The Hall–Kier alpha value is -5.10. The van der Waals surface area contributed by atoms with E-state index in [1.807, 2.05) is 67.6 Å². The Bertz CT molecular complexity index is 1650. The molecule has 200 valence electrons. The first-order valence-corrected chi connectivity index (χ1v) is 13.0. The van der Waals surface area contributed by atoms with Crippen LogP contribution in [0.4, 0.5) is 0 Å². The lowest BCUT2D eigenvalue weighted by atomic mass is 10.1. The highest BCUT2D eigenvalue weighted by Gasteiger charge is 2.21. The summed E-state index contributed by atoms with van der Waals surface area (Å²) in [6.45, 7) is 4.66. The Morgan fingerprint density at radius 3 is 2.23 bits per heavy atom. The van der Waals surface area contributed by atoms with Crippen LogP contribution in [0, 0.1) is 6.92 Å². The number of ether oxygens (including phenoxy) is 3. The smallest absolute Gasteiger partial charge is 0.347 e. The van der Waals surface area contributed by atoms with Gasteiger partial charge in [0.2, 0.25) is 0 Å². The minimum atomic E-state index is -0.550. The van der Waals surface area contributed by atoms with Crippen molar-refractivity contribution in [2.24, 2.45) is 0 Å². The molecule has 0 aliphatic carbocycles. The third-order valence-electron chi connectivity index (χ3n) is 6.26. The van der Waals surface area contributed by atoms with Gasteiger partial charge in [0.05, 0.1) is 6.61 Å². The van der Waals surface area contributed by atoms with Crippen molar-refractivity contribution in [3.63, 3.8) is 0 Å². The second-order valence-corrected chi connectivity index (χ2v) is 9.08. The van der Waals surface area contributed by atoms with Gasteiger partial charge in [0, 0.05) is 10.9 Å².